The van der Waals surface area contributed by atoms with Gasteiger partial charge in [-0.1, -0.05) is 248 Å². The van der Waals surface area contributed by atoms with E-state index in [1.807, 2.05) is 0 Å². The highest BCUT2D eigenvalue weighted by molar-refractivity contribution is 7.47. The second-order valence-electron chi connectivity index (χ2n) is 24.5. The van der Waals surface area contributed by atoms with Crippen molar-refractivity contribution in [2.45, 2.75) is 318 Å². The lowest BCUT2D eigenvalue weighted by molar-refractivity contribution is -0.161. The standard InChI is InChI=1S/C63H122O17P2/c1-9-56(8)42-34-26-19-22-30-38-46-63(68)80-59(50-74-61(66)44-36-28-20-17-24-32-40-54(4)5)52-78-82(71,72)76-48-57(64)47-75-81(69,70)77-51-58(79-62(67)45-37-29-21-18-25-33-41-55(6)7)49-73-60(65)43-35-27-16-14-12-10-11-13-15-23-31-39-53(2)3/h53-59,64H,9-52H2,1-8H3,(H,69,70)(H,71,72)/t56?,57-,58-,59-/m1/s1. The van der Waals surface area contributed by atoms with Gasteiger partial charge in [0.25, 0.3) is 0 Å². The maximum absolute atomic E-state index is 13.0. The molecule has 0 radical (unpaired) electrons. The van der Waals surface area contributed by atoms with Gasteiger partial charge in [0.15, 0.2) is 12.2 Å². The summed E-state index contributed by atoms with van der Waals surface area (Å²) in [6, 6.07) is 0. The highest BCUT2D eigenvalue weighted by Crippen LogP contribution is 2.45. The Morgan fingerprint density at radius 2 is 0.585 bits per heavy atom. The first-order chi connectivity index (χ1) is 39.1. The number of phosphoric ester groups is 2. The zero-order valence-corrected chi connectivity index (χ0v) is 54.9. The molecule has 0 aliphatic heterocycles. The van der Waals surface area contributed by atoms with Crippen LogP contribution in [0.2, 0.25) is 0 Å². The Balaban J connectivity index is 5.22. The molecule has 0 aliphatic rings. The van der Waals surface area contributed by atoms with Crippen molar-refractivity contribution in [1.29, 1.82) is 0 Å². The summed E-state index contributed by atoms with van der Waals surface area (Å²) in [5.74, 6) is 0.692. The summed E-state index contributed by atoms with van der Waals surface area (Å²) in [5, 5.41) is 10.5. The van der Waals surface area contributed by atoms with Crippen LogP contribution in [0.1, 0.15) is 299 Å². The molecule has 0 aromatic carbocycles. The lowest BCUT2D eigenvalue weighted by atomic mass is 10.00. The molecule has 6 atom stereocenters. The molecular formula is C63H122O17P2. The number of unbranched alkanes of at least 4 members (excludes halogenated alkanes) is 25. The number of phosphoric acid groups is 2. The molecule has 0 rings (SSSR count). The van der Waals surface area contributed by atoms with Crippen LogP contribution in [0, 0.1) is 23.7 Å². The van der Waals surface area contributed by atoms with E-state index in [-0.39, 0.29) is 25.7 Å². The van der Waals surface area contributed by atoms with Crippen LogP contribution in [0.25, 0.3) is 0 Å². The maximum atomic E-state index is 13.0. The molecule has 82 heavy (non-hydrogen) atoms. The van der Waals surface area contributed by atoms with Crippen molar-refractivity contribution in [3.63, 3.8) is 0 Å². The fourth-order valence-electron chi connectivity index (χ4n) is 9.22. The van der Waals surface area contributed by atoms with E-state index in [9.17, 15) is 43.2 Å². The van der Waals surface area contributed by atoms with Crippen molar-refractivity contribution in [1.82, 2.24) is 0 Å². The minimum Gasteiger partial charge on any atom is -0.462 e. The van der Waals surface area contributed by atoms with Gasteiger partial charge in [-0.05, 0) is 49.4 Å². The van der Waals surface area contributed by atoms with Crippen LogP contribution in [0.3, 0.4) is 0 Å². The third-order valence-corrected chi connectivity index (χ3v) is 16.6. The SMILES string of the molecule is CCC(C)CCCCCCCCC(=O)O[C@H](COC(=O)CCCCCCCCC(C)C)COP(=O)(O)OC[C@H](O)COP(=O)(O)OC[C@@H](COC(=O)CCCCCCCCCCCCCC(C)C)OC(=O)CCCCCCCCC(C)C. The van der Waals surface area contributed by atoms with Gasteiger partial charge in [-0.2, -0.15) is 0 Å². The molecule has 0 heterocycles. The summed E-state index contributed by atoms with van der Waals surface area (Å²) in [5.41, 5.74) is 0. The highest BCUT2D eigenvalue weighted by atomic mass is 31.2. The number of aliphatic hydroxyl groups excluding tert-OH is 1. The number of aliphatic hydroxyl groups is 1. The van der Waals surface area contributed by atoms with Crippen LogP contribution in [-0.4, -0.2) is 96.7 Å². The van der Waals surface area contributed by atoms with Gasteiger partial charge in [0.2, 0.25) is 0 Å². The Kier molecular flexibility index (Phi) is 52.0. The summed E-state index contributed by atoms with van der Waals surface area (Å²) in [6.07, 6.45) is 32.5. The normalized spacial score (nSPS) is 14.8. The van der Waals surface area contributed by atoms with Crippen LogP contribution >= 0.6 is 15.6 Å². The van der Waals surface area contributed by atoms with Gasteiger partial charge in [0.05, 0.1) is 26.4 Å². The summed E-state index contributed by atoms with van der Waals surface area (Å²) in [6.45, 7) is 13.9. The number of esters is 4. The third-order valence-electron chi connectivity index (χ3n) is 14.7. The average molecular weight is 1210 g/mol. The van der Waals surface area contributed by atoms with Crippen LogP contribution in [0.4, 0.5) is 0 Å². The topological polar surface area (TPSA) is 237 Å². The van der Waals surface area contributed by atoms with E-state index < -0.39 is 97.5 Å². The monoisotopic (exact) mass is 1210 g/mol. The maximum Gasteiger partial charge on any atom is 0.472 e. The van der Waals surface area contributed by atoms with Gasteiger partial charge >= 0.3 is 39.5 Å². The molecule has 0 aliphatic carbocycles. The van der Waals surface area contributed by atoms with Gasteiger partial charge in [0.1, 0.15) is 19.3 Å². The van der Waals surface area contributed by atoms with Crippen molar-refractivity contribution >= 4 is 39.5 Å². The smallest absolute Gasteiger partial charge is 0.462 e. The van der Waals surface area contributed by atoms with Crippen LogP contribution < -0.4 is 0 Å². The highest BCUT2D eigenvalue weighted by Gasteiger charge is 2.30. The lowest BCUT2D eigenvalue weighted by Gasteiger charge is -2.21. The first kappa shape index (κ1) is 80.1. The number of ether oxygens (including phenoxy) is 4. The van der Waals surface area contributed by atoms with E-state index in [0.29, 0.717) is 37.5 Å². The third kappa shape index (κ3) is 55.9. The first-order valence-electron chi connectivity index (χ1n) is 32.7. The minimum atomic E-state index is -4.94. The predicted octanol–water partition coefficient (Wildman–Crippen LogP) is 17.0. The van der Waals surface area contributed by atoms with E-state index in [1.165, 1.54) is 96.3 Å². The van der Waals surface area contributed by atoms with Crippen molar-refractivity contribution in [2.24, 2.45) is 23.7 Å². The Morgan fingerprint density at radius 3 is 0.866 bits per heavy atom. The number of hydrogen-bond donors (Lipinski definition) is 3. The van der Waals surface area contributed by atoms with E-state index >= 15 is 0 Å². The van der Waals surface area contributed by atoms with E-state index in [1.54, 1.807) is 0 Å². The first-order valence-corrected chi connectivity index (χ1v) is 35.7. The predicted molar refractivity (Wildman–Crippen MR) is 326 cm³/mol. The Labute approximate surface area is 498 Å². The van der Waals surface area contributed by atoms with Gasteiger partial charge < -0.3 is 33.8 Å². The molecule has 0 bridgehead atoms. The minimum absolute atomic E-state index is 0.101. The lowest BCUT2D eigenvalue weighted by Crippen LogP contribution is -2.30. The fourth-order valence-corrected chi connectivity index (χ4v) is 10.8. The molecule has 0 aromatic rings. The molecule has 0 spiro atoms. The Hall–Kier alpha value is -1.94. The number of rotatable bonds is 60. The molecule has 17 nitrogen and oxygen atoms in total. The molecule has 3 N–H and O–H groups in total. The largest absolute Gasteiger partial charge is 0.472 e. The van der Waals surface area contributed by atoms with Gasteiger partial charge in [-0.15, -0.1) is 0 Å². The summed E-state index contributed by atoms with van der Waals surface area (Å²) in [4.78, 5) is 72.1. The summed E-state index contributed by atoms with van der Waals surface area (Å²) >= 11 is 0. The molecule has 0 aromatic heterocycles. The van der Waals surface area contributed by atoms with Gasteiger partial charge in [-0.25, -0.2) is 9.13 Å². The second kappa shape index (κ2) is 53.3. The Morgan fingerprint density at radius 1 is 0.341 bits per heavy atom. The molecule has 0 saturated heterocycles. The molecule has 0 fully saturated rings. The molecule has 19 heteroatoms. The number of carbonyl (C=O) groups excluding carboxylic acids is 4. The fraction of sp³-hybridized carbons (Fsp3) is 0.937. The van der Waals surface area contributed by atoms with Crippen molar-refractivity contribution < 1.29 is 80.2 Å². The molecular weight excluding hydrogens is 1090 g/mol. The molecule has 0 amide bonds. The quantitative estimate of drug-likeness (QED) is 0.0222. The van der Waals surface area contributed by atoms with E-state index in [0.717, 1.165) is 108 Å². The van der Waals surface area contributed by atoms with E-state index in [4.69, 9.17) is 37.0 Å². The van der Waals surface area contributed by atoms with E-state index in [2.05, 4.69) is 55.4 Å². The zero-order valence-electron chi connectivity index (χ0n) is 53.1. The molecule has 486 valence electrons. The van der Waals surface area contributed by atoms with Gasteiger partial charge in [-0.3, -0.25) is 37.3 Å². The zero-order chi connectivity index (χ0) is 61.1. The summed E-state index contributed by atoms with van der Waals surface area (Å²) in [7, 11) is -9.89. The van der Waals surface area contributed by atoms with Crippen LogP contribution in [-0.2, 0) is 65.4 Å². The Bertz CT molecular complexity index is 1650. The van der Waals surface area contributed by atoms with Crippen molar-refractivity contribution in [3.8, 4) is 0 Å². The molecule has 0 saturated carbocycles. The second-order valence-corrected chi connectivity index (χ2v) is 27.4. The number of carbonyl (C=O) groups is 4. The van der Waals surface area contributed by atoms with Crippen LogP contribution in [0.15, 0.2) is 0 Å². The van der Waals surface area contributed by atoms with Crippen molar-refractivity contribution in [2.75, 3.05) is 39.6 Å². The summed E-state index contributed by atoms with van der Waals surface area (Å²) < 4.78 is 67.9. The number of hydrogen-bond acceptors (Lipinski definition) is 15. The van der Waals surface area contributed by atoms with Gasteiger partial charge in [0, 0.05) is 25.7 Å². The molecule has 3 unspecified atom stereocenters. The van der Waals surface area contributed by atoms with Crippen molar-refractivity contribution in [3.05, 3.63) is 0 Å². The van der Waals surface area contributed by atoms with Crippen LogP contribution in [0.5, 0.6) is 0 Å². The average Bonchev–Trinajstić information content (AvgIpc) is 3.43.